The minimum absolute atomic E-state index is 0.0156. The lowest BCUT2D eigenvalue weighted by atomic mass is 9.84. The second-order valence-corrected chi connectivity index (χ2v) is 7.17. The molecule has 0 aliphatic carbocycles. The van der Waals surface area contributed by atoms with Crippen LogP contribution in [0.3, 0.4) is 0 Å². The van der Waals surface area contributed by atoms with Crippen LogP contribution in [0.1, 0.15) is 26.3 Å². The van der Waals surface area contributed by atoms with E-state index >= 15 is 0 Å². The number of benzene rings is 1. The minimum Gasteiger partial charge on any atom is -0.381 e. The molecule has 1 aliphatic heterocycles. The van der Waals surface area contributed by atoms with Crippen LogP contribution in [0.15, 0.2) is 30.9 Å². The third kappa shape index (κ3) is 3.62. The zero-order valence-electron chi connectivity index (χ0n) is 15.2. The van der Waals surface area contributed by atoms with Gasteiger partial charge in [0.15, 0.2) is 0 Å². The highest BCUT2D eigenvalue weighted by Crippen LogP contribution is 2.34. The van der Waals surface area contributed by atoms with E-state index in [9.17, 15) is 13.9 Å². The molecule has 2 aromatic rings. The van der Waals surface area contributed by atoms with E-state index in [0.717, 1.165) is 12.6 Å². The molecular formula is C18H25F2N5O. The summed E-state index contributed by atoms with van der Waals surface area (Å²) in [6.45, 7) is 7.50. The quantitative estimate of drug-likeness (QED) is 0.841. The maximum absolute atomic E-state index is 14.6. The average Bonchev–Trinajstić information content (AvgIpc) is 3.09. The van der Waals surface area contributed by atoms with Gasteiger partial charge >= 0.3 is 0 Å². The summed E-state index contributed by atoms with van der Waals surface area (Å²) in [4.78, 5) is 6.05. The second kappa shape index (κ2) is 7.38. The van der Waals surface area contributed by atoms with Gasteiger partial charge in [-0.1, -0.05) is 6.07 Å². The Morgan fingerprint density at radius 1 is 1.38 bits per heavy atom. The Labute approximate surface area is 151 Å². The van der Waals surface area contributed by atoms with Gasteiger partial charge in [0.25, 0.3) is 0 Å². The predicted octanol–water partition coefficient (Wildman–Crippen LogP) is 1.51. The van der Waals surface area contributed by atoms with Crippen LogP contribution in [0.5, 0.6) is 0 Å². The molecule has 26 heavy (non-hydrogen) atoms. The normalized spacial score (nSPS) is 25.0. The number of aromatic nitrogens is 3. The zero-order chi connectivity index (χ0) is 18.9. The van der Waals surface area contributed by atoms with Crippen LogP contribution in [-0.4, -0.2) is 56.0 Å². The number of hydrogen-bond donors (Lipinski definition) is 2. The zero-order valence-corrected chi connectivity index (χ0v) is 15.2. The summed E-state index contributed by atoms with van der Waals surface area (Å²) in [7, 11) is 0. The molecule has 0 saturated carbocycles. The number of nitrogens with one attached hydrogen (secondary N) is 1. The van der Waals surface area contributed by atoms with Gasteiger partial charge in [-0.05, 0) is 26.8 Å². The first-order valence-electron chi connectivity index (χ1n) is 8.80. The third-order valence-electron chi connectivity index (χ3n) is 5.27. The Balaban J connectivity index is 2.01. The van der Waals surface area contributed by atoms with E-state index in [4.69, 9.17) is 0 Å². The van der Waals surface area contributed by atoms with Gasteiger partial charge in [-0.2, -0.15) is 5.10 Å². The van der Waals surface area contributed by atoms with E-state index in [1.807, 2.05) is 6.92 Å². The summed E-state index contributed by atoms with van der Waals surface area (Å²) >= 11 is 0. The van der Waals surface area contributed by atoms with Crippen molar-refractivity contribution in [2.45, 2.75) is 51.0 Å². The number of rotatable bonds is 5. The van der Waals surface area contributed by atoms with Gasteiger partial charge in [0.05, 0.1) is 6.54 Å². The van der Waals surface area contributed by atoms with Crippen molar-refractivity contribution in [1.29, 1.82) is 0 Å². The first-order chi connectivity index (χ1) is 12.3. The smallest absolute Gasteiger partial charge is 0.137 e. The van der Waals surface area contributed by atoms with Crippen LogP contribution < -0.4 is 5.32 Å². The molecule has 0 amide bonds. The van der Waals surface area contributed by atoms with Gasteiger partial charge in [-0.3, -0.25) is 4.90 Å². The van der Waals surface area contributed by atoms with Crippen molar-refractivity contribution in [2.24, 2.45) is 0 Å². The predicted molar refractivity (Wildman–Crippen MR) is 93.4 cm³/mol. The van der Waals surface area contributed by atoms with E-state index in [1.54, 1.807) is 0 Å². The van der Waals surface area contributed by atoms with Gasteiger partial charge in [0.1, 0.15) is 29.9 Å². The fourth-order valence-corrected chi connectivity index (χ4v) is 3.71. The van der Waals surface area contributed by atoms with E-state index in [-0.39, 0.29) is 24.2 Å². The molecule has 8 heteroatoms. The molecule has 142 valence electrons. The van der Waals surface area contributed by atoms with Gasteiger partial charge in [-0.25, -0.2) is 18.4 Å². The van der Waals surface area contributed by atoms with Crippen LogP contribution in [0.25, 0.3) is 0 Å². The van der Waals surface area contributed by atoms with Crippen LogP contribution in [0, 0.1) is 11.6 Å². The molecule has 1 fully saturated rings. The molecule has 4 atom stereocenters. The Hall–Kier alpha value is -1.90. The lowest BCUT2D eigenvalue weighted by Gasteiger charge is -2.47. The monoisotopic (exact) mass is 365 g/mol. The topological polar surface area (TPSA) is 66.2 Å². The molecule has 2 N–H and O–H groups in total. The first kappa shape index (κ1) is 18.9. The highest BCUT2D eigenvalue weighted by molar-refractivity contribution is 5.27. The van der Waals surface area contributed by atoms with Crippen LogP contribution in [0.4, 0.5) is 8.78 Å². The highest BCUT2D eigenvalue weighted by atomic mass is 19.1. The second-order valence-electron chi connectivity index (χ2n) is 7.17. The average molecular weight is 365 g/mol. The van der Waals surface area contributed by atoms with Crippen molar-refractivity contribution in [2.75, 3.05) is 13.1 Å². The summed E-state index contributed by atoms with van der Waals surface area (Å²) in [5, 5.41) is 19.1. The molecule has 2 unspecified atom stereocenters. The summed E-state index contributed by atoms with van der Waals surface area (Å²) in [6, 6.07) is 3.27. The Morgan fingerprint density at radius 2 is 2.15 bits per heavy atom. The lowest BCUT2D eigenvalue weighted by Crippen LogP contribution is -2.62. The minimum atomic E-state index is -1.60. The summed E-state index contributed by atoms with van der Waals surface area (Å²) in [5.41, 5.74) is -1.54. The molecule has 2 heterocycles. The number of halogens is 2. The van der Waals surface area contributed by atoms with Crippen LogP contribution >= 0.6 is 0 Å². The number of piperazine rings is 1. The maximum atomic E-state index is 14.6. The molecule has 6 nitrogen and oxygen atoms in total. The Kier molecular flexibility index (Phi) is 5.36. The molecular weight excluding hydrogens is 340 g/mol. The van der Waals surface area contributed by atoms with Crippen molar-refractivity contribution < 1.29 is 13.9 Å². The van der Waals surface area contributed by atoms with Crippen molar-refractivity contribution in [1.82, 2.24) is 25.0 Å². The van der Waals surface area contributed by atoms with Gasteiger partial charge in [0, 0.05) is 42.8 Å². The summed E-state index contributed by atoms with van der Waals surface area (Å²) < 4.78 is 29.5. The molecule has 0 radical (unpaired) electrons. The molecule has 0 bridgehead atoms. The van der Waals surface area contributed by atoms with E-state index in [2.05, 4.69) is 34.1 Å². The van der Waals surface area contributed by atoms with E-state index in [1.165, 1.54) is 29.5 Å². The highest BCUT2D eigenvalue weighted by Gasteiger charge is 2.44. The Bertz CT molecular complexity index is 741. The SMILES string of the molecule is CC1CN([C@H](C)[C@](O)(Cn2cncn2)c2ccc(F)cc2F)C(C)CN1. The van der Waals surface area contributed by atoms with Crippen LogP contribution in [0.2, 0.25) is 0 Å². The molecule has 1 aromatic heterocycles. The fraction of sp³-hybridized carbons (Fsp3) is 0.556. The van der Waals surface area contributed by atoms with Gasteiger partial charge < -0.3 is 10.4 Å². The lowest BCUT2D eigenvalue weighted by molar-refractivity contribution is -0.0813. The molecule has 3 rings (SSSR count). The fourth-order valence-electron chi connectivity index (χ4n) is 3.71. The van der Waals surface area contributed by atoms with Crippen molar-refractivity contribution in [3.63, 3.8) is 0 Å². The standard InChI is InChI=1S/C18H25F2N5O/c1-12-8-25(13(2)7-22-12)14(3)18(26,9-24-11-21-10-23-24)16-5-4-15(19)6-17(16)20/h4-6,10-14,22,26H,7-9H2,1-3H3/t12?,13?,14-,18-/m1/s1. The largest absolute Gasteiger partial charge is 0.381 e. The maximum Gasteiger partial charge on any atom is 0.137 e. The van der Waals surface area contributed by atoms with Gasteiger partial charge in [0.2, 0.25) is 0 Å². The molecule has 1 aliphatic rings. The third-order valence-corrected chi connectivity index (χ3v) is 5.27. The van der Waals surface area contributed by atoms with Crippen molar-refractivity contribution in [3.8, 4) is 0 Å². The van der Waals surface area contributed by atoms with Crippen LogP contribution in [-0.2, 0) is 12.1 Å². The molecule has 1 saturated heterocycles. The Morgan fingerprint density at radius 3 is 2.81 bits per heavy atom. The molecule has 0 spiro atoms. The summed E-state index contributed by atoms with van der Waals surface area (Å²) in [5.74, 6) is -1.44. The van der Waals surface area contributed by atoms with E-state index in [0.29, 0.717) is 6.54 Å². The van der Waals surface area contributed by atoms with E-state index < -0.39 is 23.3 Å². The van der Waals surface area contributed by atoms with Gasteiger partial charge in [-0.15, -0.1) is 0 Å². The van der Waals surface area contributed by atoms with Crippen molar-refractivity contribution >= 4 is 0 Å². The number of nitrogens with zero attached hydrogens (tertiary/aromatic N) is 4. The number of aliphatic hydroxyl groups is 1. The number of hydrogen-bond acceptors (Lipinski definition) is 5. The van der Waals surface area contributed by atoms with Crippen molar-refractivity contribution in [3.05, 3.63) is 48.1 Å². The summed E-state index contributed by atoms with van der Waals surface area (Å²) in [6.07, 6.45) is 2.84. The molecule has 1 aromatic carbocycles. The first-order valence-corrected chi connectivity index (χ1v) is 8.80.